The average molecular weight is 281 g/mol. The molecule has 2 N–H and O–H groups in total. The number of rotatable bonds is 5. The third kappa shape index (κ3) is 3.31. The fraction of sp³-hybridized carbons (Fsp3) is 0.222. The molecule has 0 spiro atoms. The molecule has 7 nitrogen and oxygen atoms in total. The van der Waals surface area contributed by atoms with Gasteiger partial charge in [-0.25, -0.2) is 9.18 Å². The molecule has 0 aliphatic carbocycles. The largest absolute Gasteiger partial charge is 0.479 e. The van der Waals surface area contributed by atoms with Crippen molar-refractivity contribution in [2.75, 3.05) is 0 Å². The average Bonchev–Trinajstić information content (AvgIpc) is 2.28. The Morgan fingerprint density at radius 3 is 2.42 bits per heavy atom. The van der Waals surface area contributed by atoms with Gasteiger partial charge in [0.15, 0.2) is 6.10 Å². The Bertz CT molecular complexity index is 521. The standard InChI is InChI=1S/C9H6F3NO6/c10-3-1-4(6(14)8(15)16)7(19-9(11)12)5(2-3)13(17)18/h1-2,6,9,14H,(H,15,16). The van der Waals surface area contributed by atoms with Gasteiger partial charge in [-0.05, 0) is 6.07 Å². The van der Waals surface area contributed by atoms with Gasteiger partial charge in [-0.3, -0.25) is 10.1 Å². The smallest absolute Gasteiger partial charge is 0.387 e. The highest BCUT2D eigenvalue weighted by molar-refractivity contribution is 5.76. The highest BCUT2D eigenvalue weighted by atomic mass is 19.3. The zero-order valence-electron chi connectivity index (χ0n) is 8.92. The third-order valence-corrected chi connectivity index (χ3v) is 1.99. The molecule has 0 heterocycles. The van der Waals surface area contributed by atoms with E-state index in [1.165, 1.54) is 0 Å². The van der Waals surface area contributed by atoms with Gasteiger partial charge in [0.1, 0.15) is 5.82 Å². The van der Waals surface area contributed by atoms with Gasteiger partial charge in [0.2, 0.25) is 5.75 Å². The van der Waals surface area contributed by atoms with E-state index in [2.05, 4.69) is 4.74 Å². The first-order chi connectivity index (χ1) is 8.73. The normalized spacial score (nSPS) is 12.3. The number of hydrogen-bond acceptors (Lipinski definition) is 5. The molecule has 1 aromatic carbocycles. The van der Waals surface area contributed by atoms with Gasteiger partial charge in [-0.1, -0.05) is 0 Å². The maximum absolute atomic E-state index is 13.1. The van der Waals surface area contributed by atoms with E-state index in [1.54, 1.807) is 0 Å². The Morgan fingerprint density at radius 1 is 1.42 bits per heavy atom. The number of nitro benzene ring substituents is 1. The van der Waals surface area contributed by atoms with Gasteiger partial charge in [0, 0.05) is 5.56 Å². The molecular formula is C9H6F3NO6. The molecule has 104 valence electrons. The monoisotopic (exact) mass is 281 g/mol. The fourth-order valence-corrected chi connectivity index (χ4v) is 1.29. The van der Waals surface area contributed by atoms with Crippen LogP contribution in [0.1, 0.15) is 11.7 Å². The summed E-state index contributed by atoms with van der Waals surface area (Å²) in [5.74, 6) is -4.38. The molecule has 0 aliphatic heterocycles. The topological polar surface area (TPSA) is 110 Å². The fourth-order valence-electron chi connectivity index (χ4n) is 1.29. The van der Waals surface area contributed by atoms with Crippen molar-refractivity contribution in [3.8, 4) is 5.75 Å². The first-order valence-electron chi connectivity index (χ1n) is 4.57. The van der Waals surface area contributed by atoms with Crippen molar-refractivity contribution < 1.29 is 37.8 Å². The predicted molar refractivity (Wildman–Crippen MR) is 52.3 cm³/mol. The summed E-state index contributed by atoms with van der Waals surface area (Å²) in [7, 11) is 0. The molecular weight excluding hydrogens is 275 g/mol. The summed E-state index contributed by atoms with van der Waals surface area (Å²) < 4.78 is 41.2. The number of benzene rings is 1. The quantitative estimate of drug-likeness (QED) is 0.624. The molecule has 1 atom stereocenters. The lowest BCUT2D eigenvalue weighted by Crippen LogP contribution is -2.15. The molecule has 1 unspecified atom stereocenters. The maximum Gasteiger partial charge on any atom is 0.387 e. The molecule has 0 amide bonds. The number of nitro groups is 1. The number of ether oxygens (including phenoxy) is 1. The number of halogens is 3. The van der Waals surface area contributed by atoms with Crippen molar-refractivity contribution in [3.05, 3.63) is 33.6 Å². The highest BCUT2D eigenvalue weighted by Gasteiger charge is 2.30. The molecule has 0 aliphatic rings. The van der Waals surface area contributed by atoms with Crippen LogP contribution in [0.15, 0.2) is 12.1 Å². The molecule has 0 bridgehead atoms. The number of aliphatic hydroxyl groups is 1. The second-order valence-corrected chi connectivity index (χ2v) is 3.22. The Morgan fingerprint density at radius 2 is 2.00 bits per heavy atom. The summed E-state index contributed by atoms with van der Waals surface area (Å²) >= 11 is 0. The molecule has 0 saturated heterocycles. The molecule has 10 heteroatoms. The number of aliphatic carboxylic acids is 1. The second-order valence-electron chi connectivity index (χ2n) is 3.22. The molecule has 0 fully saturated rings. The summed E-state index contributed by atoms with van der Waals surface area (Å²) in [4.78, 5) is 19.9. The van der Waals surface area contributed by atoms with E-state index in [0.29, 0.717) is 6.07 Å². The van der Waals surface area contributed by atoms with Crippen LogP contribution in [0, 0.1) is 15.9 Å². The molecule has 1 rings (SSSR count). The van der Waals surface area contributed by atoms with Gasteiger partial charge >= 0.3 is 18.3 Å². The van der Waals surface area contributed by atoms with E-state index in [1.807, 2.05) is 0 Å². The SMILES string of the molecule is O=C(O)C(O)c1cc(F)cc([N+](=O)[O-])c1OC(F)F. The molecule has 0 saturated carbocycles. The zero-order chi connectivity index (χ0) is 14.7. The minimum Gasteiger partial charge on any atom is -0.479 e. The lowest BCUT2D eigenvalue weighted by atomic mass is 10.1. The Balaban J connectivity index is 3.49. The number of carbonyl (C=O) groups is 1. The van der Waals surface area contributed by atoms with Crippen LogP contribution < -0.4 is 4.74 Å². The van der Waals surface area contributed by atoms with Crippen molar-refractivity contribution in [3.63, 3.8) is 0 Å². The van der Waals surface area contributed by atoms with Crippen LogP contribution in [0.3, 0.4) is 0 Å². The number of aliphatic hydroxyl groups excluding tert-OH is 1. The highest BCUT2D eigenvalue weighted by Crippen LogP contribution is 2.37. The molecule has 1 aromatic rings. The zero-order valence-corrected chi connectivity index (χ0v) is 8.92. The van der Waals surface area contributed by atoms with Crippen LogP contribution in [-0.2, 0) is 4.79 Å². The first kappa shape index (κ1) is 14.7. The van der Waals surface area contributed by atoms with E-state index >= 15 is 0 Å². The van der Waals surface area contributed by atoms with Gasteiger partial charge in [0.05, 0.1) is 11.0 Å². The number of carboxylic acid groups (broad SMARTS) is 1. The predicted octanol–water partition coefficient (Wildman–Crippen LogP) is 1.45. The third-order valence-electron chi connectivity index (χ3n) is 1.99. The molecule has 19 heavy (non-hydrogen) atoms. The van der Waals surface area contributed by atoms with E-state index < -0.39 is 46.4 Å². The van der Waals surface area contributed by atoms with Crippen LogP contribution in [0.4, 0.5) is 18.9 Å². The van der Waals surface area contributed by atoms with Gasteiger partial charge < -0.3 is 14.9 Å². The van der Waals surface area contributed by atoms with Crippen LogP contribution in [-0.4, -0.2) is 27.7 Å². The van der Waals surface area contributed by atoms with Crippen molar-refractivity contribution in [1.29, 1.82) is 0 Å². The van der Waals surface area contributed by atoms with Crippen molar-refractivity contribution in [2.45, 2.75) is 12.7 Å². The Kier molecular flexibility index (Phi) is 4.27. The summed E-state index contributed by atoms with van der Waals surface area (Å²) in [6, 6.07) is 0.638. The minimum atomic E-state index is -3.51. The number of carboxylic acids is 1. The van der Waals surface area contributed by atoms with Crippen LogP contribution in [0.2, 0.25) is 0 Å². The van der Waals surface area contributed by atoms with Crippen LogP contribution in [0.5, 0.6) is 5.75 Å². The van der Waals surface area contributed by atoms with Crippen LogP contribution in [0.25, 0.3) is 0 Å². The summed E-state index contributed by atoms with van der Waals surface area (Å²) in [6.07, 6.45) is -2.44. The lowest BCUT2D eigenvalue weighted by molar-refractivity contribution is -0.386. The van der Waals surface area contributed by atoms with E-state index in [0.717, 1.165) is 0 Å². The van der Waals surface area contributed by atoms with Gasteiger partial charge in [0.25, 0.3) is 0 Å². The van der Waals surface area contributed by atoms with Gasteiger partial charge in [-0.15, -0.1) is 0 Å². The maximum atomic E-state index is 13.1. The van der Waals surface area contributed by atoms with E-state index in [-0.39, 0.29) is 6.07 Å². The first-order valence-corrected chi connectivity index (χ1v) is 4.57. The van der Waals surface area contributed by atoms with Gasteiger partial charge in [-0.2, -0.15) is 8.78 Å². The Labute approximate surface area is 103 Å². The second kappa shape index (κ2) is 5.52. The molecule has 0 radical (unpaired) electrons. The van der Waals surface area contributed by atoms with E-state index in [9.17, 15) is 33.2 Å². The number of hydrogen-bond donors (Lipinski definition) is 2. The minimum absolute atomic E-state index is 0.274. The Hall–Kier alpha value is -2.36. The lowest BCUT2D eigenvalue weighted by Gasteiger charge is -2.13. The molecule has 0 aromatic heterocycles. The van der Waals surface area contributed by atoms with Crippen LogP contribution >= 0.6 is 0 Å². The summed E-state index contributed by atoms with van der Waals surface area (Å²) in [6.45, 7) is -3.51. The number of alkyl halides is 2. The summed E-state index contributed by atoms with van der Waals surface area (Å²) in [5.41, 5.74) is -2.19. The number of nitrogens with zero attached hydrogens (tertiary/aromatic N) is 1. The van der Waals surface area contributed by atoms with Crippen molar-refractivity contribution in [2.24, 2.45) is 0 Å². The van der Waals surface area contributed by atoms with E-state index in [4.69, 9.17) is 5.11 Å². The van der Waals surface area contributed by atoms with Crippen molar-refractivity contribution in [1.82, 2.24) is 0 Å². The summed E-state index contributed by atoms with van der Waals surface area (Å²) in [5, 5.41) is 28.3. The van der Waals surface area contributed by atoms with Crippen molar-refractivity contribution >= 4 is 11.7 Å².